The molecular formula is C14H20N2. The van der Waals surface area contributed by atoms with Gasteiger partial charge in [-0.15, -0.1) is 0 Å². The molecule has 0 bridgehead atoms. The lowest BCUT2D eigenvalue weighted by Crippen LogP contribution is -2.05. The van der Waals surface area contributed by atoms with E-state index in [0.29, 0.717) is 5.92 Å². The molecule has 0 spiro atoms. The Bertz CT molecular complexity index is 507. The third-order valence-electron chi connectivity index (χ3n) is 3.18. The maximum atomic E-state index is 6.03. The van der Waals surface area contributed by atoms with E-state index in [2.05, 4.69) is 44.0 Å². The van der Waals surface area contributed by atoms with Crippen molar-refractivity contribution >= 4 is 10.9 Å². The summed E-state index contributed by atoms with van der Waals surface area (Å²) in [6.45, 7) is 8.58. The molecule has 2 nitrogen and oxygen atoms in total. The van der Waals surface area contributed by atoms with Crippen LogP contribution in [0.4, 0.5) is 0 Å². The van der Waals surface area contributed by atoms with Gasteiger partial charge in [0.15, 0.2) is 0 Å². The van der Waals surface area contributed by atoms with E-state index < -0.39 is 0 Å². The first-order valence-corrected chi connectivity index (χ1v) is 5.89. The molecule has 1 atom stereocenters. The summed E-state index contributed by atoms with van der Waals surface area (Å²) in [5.74, 6) is 0.530. The van der Waals surface area contributed by atoms with Crippen molar-refractivity contribution in [3.63, 3.8) is 0 Å². The maximum Gasteiger partial charge on any atom is 0.0494 e. The smallest absolute Gasteiger partial charge is 0.0494 e. The van der Waals surface area contributed by atoms with Gasteiger partial charge in [0.05, 0.1) is 0 Å². The molecule has 0 fully saturated rings. The lowest BCUT2D eigenvalue weighted by atomic mass is 9.98. The van der Waals surface area contributed by atoms with Gasteiger partial charge in [-0.05, 0) is 30.9 Å². The normalized spacial score (nSPS) is 13.6. The summed E-state index contributed by atoms with van der Waals surface area (Å²) < 4.78 is 0. The number of H-pyrrole nitrogens is 1. The van der Waals surface area contributed by atoms with Crippen molar-refractivity contribution in [1.29, 1.82) is 0 Å². The Hall–Kier alpha value is -1.28. The minimum Gasteiger partial charge on any atom is -0.358 e. The number of para-hydroxylation sites is 1. The number of aromatic amines is 1. The van der Waals surface area contributed by atoms with E-state index in [0.717, 1.165) is 0 Å². The van der Waals surface area contributed by atoms with Gasteiger partial charge in [0.2, 0.25) is 0 Å². The number of aryl methyl sites for hydroxylation is 1. The van der Waals surface area contributed by atoms with E-state index in [-0.39, 0.29) is 6.04 Å². The van der Waals surface area contributed by atoms with Crippen molar-refractivity contribution in [3.05, 3.63) is 35.0 Å². The molecule has 2 aromatic rings. The van der Waals surface area contributed by atoms with Crippen LogP contribution in [0, 0.1) is 6.92 Å². The Labute approximate surface area is 96.9 Å². The highest BCUT2D eigenvalue weighted by molar-refractivity contribution is 5.88. The summed E-state index contributed by atoms with van der Waals surface area (Å²) in [6, 6.07) is 6.55. The number of rotatable bonds is 2. The minimum absolute atomic E-state index is 0.0798. The summed E-state index contributed by atoms with van der Waals surface area (Å²) in [5.41, 5.74) is 11.1. The van der Waals surface area contributed by atoms with E-state index >= 15 is 0 Å². The van der Waals surface area contributed by atoms with Crippen LogP contribution in [-0.4, -0.2) is 4.98 Å². The van der Waals surface area contributed by atoms with E-state index in [1.54, 1.807) is 0 Å². The minimum atomic E-state index is 0.0798. The van der Waals surface area contributed by atoms with Gasteiger partial charge in [-0.3, -0.25) is 0 Å². The fourth-order valence-corrected chi connectivity index (χ4v) is 2.46. The van der Waals surface area contributed by atoms with Crippen LogP contribution in [0.5, 0.6) is 0 Å². The predicted molar refractivity (Wildman–Crippen MR) is 69.7 cm³/mol. The van der Waals surface area contributed by atoms with Crippen LogP contribution < -0.4 is 5.73 Å². The summed E-state index contributed by atoms with van der Waals surface area (Å²) in [7, 11) is 0. The average Bonchev–Trinajstić information content (AvgIpc) is 2.52. The second kappa shape index (κ2) is 3.95. The van der Waals surface area contributed by atoms with Crippen molar-refractivity contribution in [2.45, 2.75) is 39.7 Å². The highest BCUT2D eigenvalue weighted by atomic mass is 14.7. The number of nitrogens with one attached hydrogen (secondary N) is 1. The van der Waals surface area contributed by atoms with Crippen molar-refractivity contribution in [1.82, 2.24) is 4.98 Å². The molecule has 0 aliphatic carbocycles. The predicted octanol–water partition coefficient (Wildman–Crippen LogP) is 3.62. The molecule has 86 valence electrons. The first-order valence-electron chi connectivity index (χ1n) is 5.89. The molecule has 0 radical (unpaired) electrons. The van der Waals surface area contributed by atoms with Crippen LogP contribution in [0.2, 0.25) is 0 Å². The highest BCUT2D eigenvalue weighted by Crippen LogP contribution is 2.31. The molecule has 1 heterocycles. The molecule has 2 heteroatoms. The lowest BCUT2D eigenvalue weighted by Gasteiger charge is -2.08. The number of fused-ring (bicyclic) bond motifs is 1. The molecule has 16 heavy (non-hydrogen) atoms. The van der Waals surface area contributed by atoms with Gasteiger partial charge in [-0.2, -0.15) is 0 Å². The van der Waals surface area contributed by atoms with Crippen LogP contribution in [-0.2, 0) is 0 Å². The van der Waals surface area contributed by atoms with Crippen LogP contribution in [0.25, 0.3) is 10.9 Å². The summed E-state index contributed by atoms with van der Waals surface area (Å²) in [5, 5.41) is 1.28. The van der Waals surface area contributed by atoms with Gasteiger partial charge in [0.25, 0.3) is 0 Å². The van der Waals surface area contributed by atoms with Crippen LogP contribution >= 0.6 is 0 Å². The zero-order valence-electron chi connectivity index (χ0n) is 10.5. The van der Waals surface area contributed by atoms with E-state index in [9.17, 15) is 0 Å². The van der Waals surface area contributed by atoms with Gasteiger partial charge in [-0.25, -0.2) is 0 Å². The molecule has 2 rings (SSSR count). The Balaban J connectivity index is 2.78. The summed E-state index contributed by atoms with van der Waals surface area (Å²) in [4.78, 5) is 3.48. The number of benzene rings is 1. The van der Waals surface area contributed by atoms with Crippen molar-refractivity contribution in [2.24, 2.45) is 5.73 Å². The summed E-state index contributed by atoms with van der Waals surface area (Å²) >= 11 is 0. The summed E-state index contributed by atoms with van der Waals surface area (Å²) in [6.07, 6.45) is 0. The number of aromatic nitrogens is 1. The van der Waals surface area contributed by atoms with E-state index in [1.165, 1.54) is 27.7 Å². The van der Waals surface area contributed by atoms with Gasteiger partial charge >= 0.3 is 0 Å². The Morgan fingerprint density at radius 1 is 1.19 bits per heavy atom. The maximum absolute atomic E-state index is 6.03. The lowest BCUT2D eigenvalue weighted by molar-refractivity contribution is 0.817. The van der Waals surface area contributed by atoms with E-state index in [4.69, 9.17) is 5.73 Å². The highest BCUT2D eigenvalue weighted by Gasteiger charge is 2.14. The van der Waals surface area contributed by atoms with Crippen molar-refractivity contribution < 1.29 is 0 Å². The number of hydrogen-bond donors (Lipinski definition) is 2. The monoisotopic (exact) mass is 216 g/mol. The molecule has 0 aliphatic heterocycles. The standard InChI is InChI=1S/C14H20N2/c1-8(2)11-6-5-7-12-13(9(3)15)10(4)16-14(11)12/h5-9,16H,15H2,1-4H3. The first-order chi connectivity index (χ1) is 7.52. The van der Waals surface area contributed by atoms with Gasteiger partial charge in [-0.1, -0.05) is 32.0 Å². The van der Waals surface area contributed by atoms with Crippen molar-refractivity contribution in [2.75, 3.05) is 0 Å². The fraction of sp³-hybridized carbons (Fsp3) is 0.429. The average molecular weight is 216 g/mol. The van der Waals surface area contributed by atoms with E-state index in [1.807, 2.05) is 6.92 Å². The Morgan fingerprint density at radius 3 is 2.44 bits per heavy atom. The fourth-order valence-electron chi connectivity index (χ4n) is 2.46. The molecule has 0 aliphatic rings. The van der Waals surface area contributed by atoms with Gasteiger partial charge < -0.3 is 10.7 Å². The molecule has 3 N–H and O–H groups in total. The molecule has 1 unspecified atom stereocenters. The van der Waals surface area contributed by atoms with Crippen LogP contribution in [0.1, 0.15) is 49.6 Å². The Kier molecular flexibility index (Phi) is 2.76. The molecule has 0 saturated heterocycles. The van der Waals surface area contributed by atoms with Crippen LogP contribution in [0.3, 0.4) is 0 Å². The topological polar surface area (TPSA) is 41.8 Å². The second-order valence-corrected chi connectivity index (χ2v) is 4.88. The molecule has 1 aromatic carbocycles. The number of nitrogens with two attached hydrogens (primary N) is 1. The Morgan fingerprint density at radius 2 is 1.88 bits per heavy atom. The third kappa shape index (κ3) is 1.63. The van der Waals surface area contributed by atoms with Gasteiger partial charge in [0.1, 0.15) is 0 Å². The molecule has 0 amide bonds. The molecule has 0 saturated carbocycles. The SMILES string of the molecule is Cc1[nH]c2c(C(C)C)cccc2c1C(C)N. The zero-order valence-corrected chi connectivity index (χ0v) is 10.5. The largest absolute Gasteiger partial charge is 0.358 e. The molecule has 1 aromatic heterocycles. The quantitative estimate of drug-likeness (QED) is 0.791. The first kappa shape index (κ1) is 11.2. The van der Waals surface area contributed by atoms with Gasteiger partial charge in [0, 0.05) is 22.6 Å². The second-order valence-electron chi connectivity index (χ2n) is 4.88. The molecular weight excluding hydrogens is 196 g/mol. The number of hydrogen-bond acceptors (Lipinski definition) is 1. The zero-order chi connectivity index (χ0) is 11.9. The third-order valence-corrected chi connectivity index (χ3v) is 3.18. The van der Waals surface area contributed by atoms with Crippen LogP contribution in [0.15, 0.2) is 18.2 Å². The van der Waals surface area contributed by atoms with Crippen molar-refractivity contribution in [3.8, 4) is 0 Å².